The molecule has 0 aromatic carbocycles. The summed E-state index contributed by atoms with van der Waals surface area (Å²) in [6.07, 6.45) is 3.06. The highest BCUT2D eigenvalue weighted by molar-refractivity contribution is 5.42. The number of nitrogens with zero attached hydrogens (tertiary/aromatic N) is 4. The Morgan fingerprint density at radius 3 is 2.84 bits per heavy atom. The first-order valence-electron chi connectivity index (χ1n) is 6.36. The van der Waals surface area contributed by atoms with Crippen molar-refractivity contribution < 1.29 is 4.52 Å². The highest BCUT2D eigenvalue weighted by Crippen LogP contribution is 2.09. The molecule has 2 aromatic heterocycles. The van der Waals surface area contributed by atoms with Gasteiger partial charge in [-0.15, -0.1) is 0 Å². The average molecular weight is 262 g/mol. The van der Waals surface area contributed by atoms with E-state index in [2.05, 4.69) is 42.2 Å². The van der Waals surface area contributed by atoms with E-state index < -0.39 is 0 Å². The molecule has 0 bridgehead atoms. The fraction of sp³-hybridized carbons (Fsp3) is 0.500. The van der Waals surface area contributed by atoms with Gasteiger partial charge >= 0.3 is 0 Å². The first-order valence-corrected chi connectivity index (χ1v) is 6.36. The maximum absolute atomic E-state index is 4.68. The van der Waals surface area contributed by atoms with E-state index in [4.69, 9.17) is 0 Å². The van der Waals surface area contributed by atoms with Gasteiger partial charge in [0.2, 0.25) is 12.3 Å². The topological polar surface area (TPSA) is 88.8 Å². The van der Waals surface area contributed by atoms with Gasteiger partial charge in [0.15, 0.2) is 5.82 Å². The largest absolute Gasteiger partial charge is 0.369 e. The van der Waals surface area contributed by atoms with Crippen LogP contribution in [-0.2, 0) is 6.42 Å². The Morgan fingerprint density at radius 1 is 1.21 bits per heavy atom. The van der Waals surface area contributed by atoms with Gasteiger partial charge in [0.1, 0.15) is 5.82 Å². The lowest BCUT2D eigenvalue weighted by atomic mass is 10.4. The van der Waals surface area contributed by atoms with Crippen LogP contribution in [0, 0.1) is 6.92 Å². The Kier molecular flexibility index (Phi) is 4.66. The number of anilines is 2. The highest BCUT2D eigenvalue weighted by atomic mass is 16.5. The Balaban J connectivity index is 1.90. The molecular formula is C12H18N6O. The number of aromatic nitrogens is 4. The Bertz CT molecular complexity index is 499. The first kappa shape index (κ1) is 13.3. The molecule has 0 unspecified atom stereocenters. The van der Waals surface area contributed by atoms with E-state index in [0.717, 1.165) is 24.5 Å². The third-order valence-corrected chi connectivity index (χ3v) is 2.45. The SMILES string of the molecule is CCCNc1nc(C)cc(NCCc2ncon2)n1. The van der Waals surface area contributed by atoms with Crippen molar-refractivity contribution in [1.29, 1.82) is 0 Å². The summed E-state index contributed by atoms with van der Waals surface area (Å²) in [7, 11) is 0. The number of rotatable bonds is 7. The molecule has 2 aromatic rings. The molecule has 0 spiro atoms. The van der Waals surface area contributed by atoms with Crippen molar-refractivity contribution in [2.75, 3.05) is 23.7 Å². The maximum Gasteiger partial charge on any atom is 0.224 e. The van der Waals surface area contributed by atoms with Gasteiger partial charge in [-0.3, -0.25) is 0 Å². The Labute approximate surface area is 111 Å². The van der Waals surface area contributed by atoms with E-state index >= 15 is 0 Å². The second-order valence-electron chi connectivity index (χ2n) is 4.17. The highest BCUT2D eigenvalue weighted by Gasteiger charge is 2.02. The average Bonchev–Trinajstić information content (AvgIpc) is 2.89. The summed E-state index contributed by atoms with van der Waals surface area (Å²) in [4.78, 5) is 12.7. The van der Waals surface area contributed by atoms with E-state index in [9.17, 15) is 0 Å². The molecule has 2 N–H and O–H groups in total. The van der Waals surface area contributed by atoms with Crippen molar-refractivity contribution in [1.82, 2.24) is 20.1 Å². The molecule has 0 saturated carbocycles. The van der Waals surface area contributed by atoms with Crippen molar-refractivity contribution in [3.8, 4) is 0 Å². The monoisotopic (exact) mass is 262 g/mol. The number of nitrogens with one attached hydrogen (secondary N) is 2. The van der Waals surface area contributed by atoms with Crippen LogP contribution in [0.1, 0.15) is 24.9 Å². The molecule has 2 heterocycles. The molecule has 102 valence electrons. The van der Waals surface area contributed by atoms with Gasteiger partial charge in [0.25, 0.3) is 0 Å². The minimum absolute atomic E-state index is 0.656. The van der Waals surface area contributed by atoms with Crippen LogP contribution in [0.5, 0.6) is 0 Å². The third kappa shape index (κ3) is 4.20. The van der Waals surface area contributed by atoms with Crippen LogP contribution >= 0.6 is 0 Å². The van der Waals surface area contributed by atoms with E-state index in [1.54, 1.807) is 0 Å². The summed E-state index contributed by atoms with van der Waals surface area (Å²) >= 11 is 0. The summed E-state index contributed by atoms with van der Waals surface area (Å²) in [6.45, 7) is 5.62. The second kappa shape index (κ2) is 6.67. The fourth-order valence-corrected chi connectivity index (χ4v) is 1.58. The van der Waals surface area contributed by atoms with Gasteiger partial charge in [-0.2, -0.15) is 9.97 Å². The van der Waals surface area contributed by atoms with E-state index in [1.807, 2.05) is 13.0 Å². The Morgan fingerprint density at radius 2 is 2.11 bits per heavy atom. The van der Waals surface area contributed by atoms with Gasteiger partial charge in [0, 0.05) is 31.3 Å². The first-order chi connectivity index (χ1) is 9.28. The van der Waals surface area contributed by atoms with Crippen LogP contribution in [0.4, 0.5) is 11.8 Å². The third-order valence-electron chi connectivity index (χ3n) is 2.45. The normalized spacial score (nSPS) is 10.4. The van der Waals surface area contributed by atoms with E-state index in [0.29, 0.717) is 24.7 Å². The zero-order chi connectivity index (χ0) is 13.5. The van der Waals surface area contributed by atoms with Crippen LogP contribution in [-0.4, -0.2) is 33.2 Å². The van der Waals surface area contributed by atoms with Crippen LogP contribution in [0.25, 0.3) is 0 Å². The molecular weight excluding hydrogens is 244 g/mol. The molecule has 0 aliphatic carbocycles. The number of hydrogen-bond donors (Lipinski definition) is 2. The van der Waals surface area contributed by atoms with Crippen LogP contribution in [0.3, 0.4) is 0 Å². The molecule has 0 aliphatic rings. The molecule has 0 aliphatic heterocycles. The predicted octanol–water partition coefficient (Wildman–Crippen LogP) is 1.64. The minimum Gasteiger partial charge on any atom is -0.369 e. The second-order valence-corrected chi connectivity index (χ2v) is 4.17. The molecule has 0 fully saturated rings. The van der Waals surface area contributed by atoms with Gasteiger partial charge < -0.3 is 15.2 Å². The van der Waals surface area contributed by atoms with Crippen LogP contribution in [0.2, 0.25) is 0 Å². The Hall–Kier alpha value is -2.18. The van der Waals surface area contributed by atoms with Crippen molar-refractivity contribution in [3.63, 3.8) is 0 Å². The van der Waals surface area contributed by atoms with Gasteiger partial charge in [-0.05, 0) is 13.3 Å². The summed E-state index contributed by atoms with van der Waals surface area (Å²) in [5, 5.41) is 10.2. The van der Waals surface area contributed by atoms with E-state index in [-0.39, 0.29) is 0 Å². The lowest BCUT2D eigenvalue weighted by Gasteiger charge is -2.08. The standard InChI is InChI=1S/C12H18N6O/c1-3-5-14-12-16-9(2)7-11(17-12)13-6-4-10-15-8-19-18-10/h7-8H,3-6H2,1-2H3,(H2,13,14,16,17). The summed E-state index contributed by atoms with van der Waals surface area (Å²) in [5.74, 6) is 2.14. The zero-order valence-electron chi connectivity index (χ0n) is 11.2. The van der Waals surface area contributed by atoms with Gasteiger partial charge in [0.05, 0.1) is 0 Å². The van der Waals surface area contributed by atoms with Crippen molar-refractivity contribution in [2.45, 2.75) is 26.7 Å². The predicted molar refractivity (Wildman–Crippen MR) is 72.0 cm³/mol. The smallest absolute Gasteiger partial charge is 0.224 e. The maximum atomic E-state index is 4.68. The molecule has 0 amide bonds. The van der Waals surface area contributed by atoms with Crippen molar-refractivity contribution in [2.24, 2.45) is 0 Å². The summed E-state index contributed by atoms with van der Waals surface area (Å²) in [5.41, 5.74) is 0.927. The van der Waals surface area contributed by atoms with Gasteiger partial charge in [-0.1, -0.05) is 12.1 Å². The minimum atomic E-state index is 0.656. The molecule has 19 heavy (non-hydrogen) atoms. The van der Waals surface area contributed by atoms with Crippen LogP contribution in [0.15, 0.2) is 17.0 Å². The molecule has 7 heteroatoms. The number of aryl methyl sites for hydroxylation is 1. The molecule has 2 rings (SSSR count). The summed E-state index contributed by atoms with van der Waals surface area (Å²) < 4.78 is 4.68. The quantitative estimate of drug-likeness (QED) is 0.784. The van der Waals surface area contributed by atoms with Crippen LogP contribution < -0.4 is 10.6 Å². The molecule has 7 nitrogen and oxygen atoms in total. The molecule has 0 saturated heterocycles. The van der Waals surface area contributed by atoms with E-state index in [1.165, 1.54) is 6.39 Å². The number of hydrogen-bond acceptors (Lipinski definition) is 7. The van der Waals surface area contributed by atoms with Gasteiger partial charge in [-0.25, -0.2) is 4.98 Å². The summed E-state index contributed by atoms with van der Waals surface area (Å²) in [6, 6.07) is 1.91. The zero-order valence-corrected chi connectivity index (χ0v) is 11.2. The van der Waals surface area contributed by atoms with Crippen molar-refractivity contribution in [3.05, 3.63) is 24.0 Å². The lowest BCUT2D eigenvalue weighted by Crippen LogP contribution is -2.11. The van der Waals surface area contributed by atoms with Crippen molar-refractivity contribution >= 4 is 11.8 Å². The fourth-order valence-electron chi connectivity index (χ4n) is 1.58. The molecule has 0 radical (unpaired) electrons. The molecule has 0 atom stereocenters. The lowest BCUT2D eigenvalue weighted by molar-refractivity contribution is 0.410.